The Morgan fingerprint density at radius 2 is 2.25 bits per heavy atom. The van der Waals surface area contributed by atoms with Gasteiger partial charge in [0.1, 0.15) is 0 Å². The summed E-state index contributed by atoms with van der Waals surface area (Å²) in [5.41, 5.74) is 5.85. The summed E-state index contributed by atoms with van der Waals surface area (Å²) < 4.78 is 0. The number of carboxylic acids is 1. The van der Waals surface area contributed by atoms with Crippen LogP contribution < -0.4 is 5.73 Å². The quantitative estimate of drug-likeness (QED) is 0.656. The molecule has 3 heteroatoms. The van der Waals surface area contributed by atoms with E-state index < -0.39 is 5.97 Å². The highest BCUT2D eigenvalue weighted by Crippen LogP contribution is 2.31. The van der Waals surface area contributed by atoms with E-state index >= 15 is 0 Å². The van der Waals surface area contributed by atoms with Gasteiger partial charge in [0.25, 0.3) is 0 Å². The van der Waals surface area contributed by atoms with Crippen LogP contribution in [0.2, 0.25) is 0 Å². The normalized spacial score (nSPS) is 36.3. The first kappa shape index (κ1) is 9.52. The highest BCUT2D eigenvalue weighted by molar-refractivity contribution is 5.70. The molecule has 0 aromatic carbocycles. The van der Waals surface area contributed by atoms with Gasteiger partial charge in [0.15, 0.2) is 0 Å². The van der Waals surface area contributed by atoms with E-state index in [1.165, 1.54) is 0 Å². The Labute approximate surface area is 72.9 Å². The van der Waals surface area contributed by atoms with E-state index in [2.05, 4.69) is 0 Å². The number of carboxylic acid groups (broad SMARTS) is 1. The second-order valence-electron chi connectivity index (χ2n) is 3.61. The number of carbonyl (C=O) groups is 1. The summed E-state index contributed by atoms with van der Waals surface area (Å²) >= 11 is 0. The minimum absolute atomic E-state index is 0.102. The molecule has 0 amide bonds. The van der Waals surface area contributed by atoms with Gasteiger partial charge in [-0.05, 0) is 18.8 Å². The van der Waals surface area contributed by atoms with Crippen molar-refractivity contribution < 1.29 is 9.90 Å². The fourth-order valence-corrected chi connectivity index (χ4v) is 2.19. The van der Waals surface area contributed by atoms with E-state index in [0.29, 0.717) is 0 Å². The summed E-state index contributed by atoms with van der Waals surface area (Å²) in [6.07, 6.45) is 3.65. The molecule has 0 radical (unpaired) electrons. The van der Waals surface area contributed by atoms with Crippen molar-refractivity contribution in [2.75, 3.05) is 0 Å². The molecular formula is C9H17NO2. The van der Waals surface area contributed by atoms with Crippen LogP contribution in [0.5, 0.6) is 0 Å². The molecule has 0 aromatic heterocycles. The van der Waals surface area contributed by atoms with Crippen molar-refractivity contribution in [2.45, 2.75) is 38.6 Å². The van der Waals surface area contributed by atoms with Crippen LogP contribution in [0.25, 0.3) is 0 Å². The zero-order valence-electron chi connectivity index (χ0n) is 7.49. The molecule has 0 bridgehead atoms. The van der Waals surface area contributed by atoms with E-state index in [1.807, 2.05) is 6.92 Å². The topological polar surface area (TPSA) is 63.3 Å². The molecule has 0 aliphatic heterocycles. The van der Waals surface area contributed by atoms with Gasteiger partial charge in [-0.15, -0.1) is 0 Å². The van der Waals surface area contributed by atoms with Crippen LogP contribution in [0.3, 0.4) is 0 Å². The summed E-state index contributed by atoms with van der Waals surface area (Å²) in [6, 6.07) is 0.102. The van der Waals surface area contributed by atoms with E-state index in [4.69, 9.17) is 10.8 Å². The van der Waals surface area contributed by atoms with Crippen molar-refractivity contribution in [2.24, 2.45) is 17.6 Å². The molecule has 0 saturated heterocycles. The molecular weight excluding hydrogens is 154 g/mol. The molecule has 3 atom stereocenters. The average molecular weight is 171 g/mol. The van der Waals surface area contributed by atoms with Crippen LogP contribution in [0.1, 0.15) is 32.6 Å². The minimum atomic E-state index is -0.669. The van der Waals surface area contributed by atoms with Gasteiger partial charge in [0, 0.05) is 6.04 Å². The van der Waals surface area contributed by atoms with Crippen LogP contribution >= 0.6 is 0 Å². The smallest absolute Gasteiger partial charge is 0.306 e. The largest absolute Gasteiger partial charge is 0.481 e. The third kappa shape index (κ3) is 1.78. The molecule has 1 aliphatic carbocycles. The molecule has 1 rings (SSSR count). The fraction of sp³-hybridized carbons (Fsp3) is 0.889. The molecule has 0 spiro atoms. The number of aliphatic carboxylic acids is 1. The molecule has 70 valence electrons. The number of hydrogen-bond donors (Lipinski definition) is 2. The van der Waals surface area contributed by atoms with Gasteiger partial charge in [-0.3, -0.25) is 4.79 Å². The highest BCUT2D eigenvalue weighted by Gasteiger charge is 2.34. The van der Waals surface area contributed by atoms with E-state index in [1.54, 1.807) is 0 Å². The maximum absolute atomic E-state index is 10.8. The SMILES string of the molecule is CCC1C(N)CCCC1C(=O)O. The van der Waals surface area contributed by atoms with Crippen molar-refractivity contribution in [3.63, 3.8) is 0 Å². The Hall–Kier alpha value is -0.570. The van der Waals surface area contributed by atoms with Gasteiger partial charge < -0.3 is 10.8 Å². The van der Waals surface area contributed by atoms with Crippen LogP contribution in [0.4, 0.5) is 0 Å². The van der Waals surface area contributed by atoms with Gasteiger partial charge in [-0.1, -0.05) is 19.8 Å². The average Bonchev–Trinajstić information content (AvgIpc) is 2.03. The van der Waals surface area contributed by atoms with Crippen LogP contribution in [-0.4, -0.2) is 17.1 Å². The second-order valence-corrected chi connectivity index (χ2v) is 3.61. The summed E-state index contributed by atoms with van der Waals surface area (Å²) in [4.78, 5) is 10.8. The van der Waals surface area contributed by atoms with Crippen LogP contribution in [0, 0.1) is 11.8 Å². The number of rotatable bonds is 2. The summed E-state index contributed by atoms with van der Waals surface area (Å²) in [5.74, 6) is -0.674. The van der Waals surface area contributed by atoms with Crippen molar-refractivity contribution in [3.8, 4) is 0 Å². The molecule has 12 heavy (non-hydrogen) atoms. The zero-order chi connectivity index (χ0) is 9.14. The van der Waals surface area contributed by atoms with Crippen molar-refractivity contribution in [1.29, 1.82) is 0 Å². The summed E-state index contributed by atoms with van der Waals surface area (Å²) in [6.45, 7) is 2.02. The lowest BCUT2D eigenvalue weighted by atomic mass is 9.75. The molecule has 1 aliphatic rings. The molecule has 1 fully saturated rings. The standard InChI is InChI=1S/C9H17NO2/c1-2-6-7(9(11)12)4-3-5-8(6)10/h6-8H,2-5,10H2,1H3,(H,11,12). The Morgan fingerprint density at radius 1 is 1.58 bits per heavy atom. The third-order valence-electron chi connectivity index (χ3n) is 2.91. The predicted octanol–water partition coefficient (Wildman–Crippen LogP) is 1.22. The fourth-order valence-electron chi connectivity index (χ4n) is 2.19. The van der Waals surface area contributed by atoms with E-state index in [9.17, 15) is 4.79 Å². The Bertz CT molecular complexity index is 170. The van der Waals surface area contributed by atoms with E-state index in [0.717, 1.165) is 25.7 Å². The first-order valence-electron chi connectivity index (χ1n) is 4.65. The van der Waals surface area contributed by atoms with Crippen molar-refractivity contribution in [1.82, 2.24) is 0 Å². The Morgan fingerprint density at radius 3 is 2.67 bits per heavy atom. The first-order chi connectivity index (χ1) is 5.66. The lowest BCUT2D eigenvalue weighted by Gasteiger charge is -2.33. The summed E-state index contributed by atoms with van der Waals surface area (Å²) in [7, 11) is 0. The lowest BCUT2D eigenvalue weighted by Crippen LogP contribution is -2.41. The van der Waals surface area contributed by atoms with Crippen molar-refractivity contribution in [3.05, 3.63) is 0 Å². The van der Waals surface area contributed by atoms with Crippen LogP contribution in [0.15, 0.2) is 0 Å². The van der Waals surface area contributed by atoms with Gasteiger partial charge >= 0.3 is 5.97 Å². The van der Waals surface area contributed by atoms with Gasteiger partial charge in [0.2, 0.25) is 0 Å². The molecule has 3 unspecified atom stereocenters. The minimum Gasteiger partial charge on any atom is -0.481 e. The van der Waals surface area contributed by atoms with Gasteiger partial charge in [-0.2, -0.15) is 0 Å². The van der Waals surface area contributed by atoms with Gasteiger partial charge in [-0.25, -0.2) is 0 Å². The number of hydrogen-bond acceptors (Lipinski definition) is 2. The summed E-state index contributed by atoms with van der Waals surface area (Å²) in [5, 5.41) is 8.90. The van der Waals surface area contributed by atoms with Crippen molar-refractivity contribution >= 4 is 5.97 Å². The molecule has 0 heterocycles. The molecule has 3 nitrogen and oxygen atoms in total. The molecule has 0 aromatic rings. The van der Waals surface area contributed by atoms with Gasteiger partial charge in [0.05, 0.1) is 5.92 Å². The predicted molar refractivity (Wildman–Crippen MR) is 46.7 cm³/mol. The monoisotopic (exact) mass is 171 g/mol. The highest BCUT2D eigenvalue weighted by atomic mass is 16.4. The van der Waals surface area contributed by atoms with Crippen LogP contribution in [-0.2, 0) is 4.79 Å². The molecule has 3 N–H and O–H groups in total. The maximum Gasteiger partial charge on any atom is 0.306 e. The lowest BCUT2D eigenvalue weighted by molar-refractivity contribution is -0.145. The molecule has 1 saturated carbocycles. The van der Waals surface area contributed by atoms with E-state index in [-0.39, 0.29) is 17.9 Å². The first-order valence-corrected chi connectivity index (χ1v) is 4.65. The second kappa shape index (κ2) is 3.90. The maximum atomic E-state index is 10.8. The Balaban J connectivity index is 2.64. The third-order valence-corrected chi connectivity index (χ3v) is 2.91. The Kier molecular flexibility index (Phi) is 3.09. The zero-order valence-corrected chi connectivity index (χ0v) is 7.49. The number of nitrogens with two attached hydrogens (primary N) is 1.